The molecule has 0 rings (SSSR count). The first-order chi connectivity index (χ1) is 2.73. The van der Waals surface area contributed by atoms with Gasteiger partial charge in [0.25, 0.3) is 0 Å². The summed E-state index contributed by atoms with van der Waals surface area (Å²) >= 11 is 0. The summed E-state index contributed by atoms with van der Waals surface area (Å²) in [5, 5.41) is 15.2. The van der Waals surface area contributed by atoms with Crippen molar-refractivity contribution in [2.75, 3.05) is 0 Å². The average Bonchev–Trinajstić information content (AvgIpc) is 1.41. The summed E-state index contributed by atoms with van der Waals surface area (Å²) in [5.74, 6) is 0. The van der Waals surface area contributed by atoms with E-state index in [4.69, 9.17) is 10.0 Å². The van der Waals surface area contributed by atoms with Crippen LogP contribution in [-0.2, 0) is 0 Å². The van der Waals surface area contributed by atoms with Gasteiger partial charge < -0.3 is 23.0 Å². The SMILES string of the molecule is C.C.C.CB(O)O.CC.[CH3-].[Li+].[Li+].[OH-]. The van der Waals surface area contributed by atoms with Gasteiger partial charge in [0.1, 0.15) is 0 Å². The molecule has 0 saturated heterocycles. The Hall–Kier alpha value is 1.14. The fourth-order valence-electron chi connectivity index (χ4n) is 0. The second-order valence-corrected chi connectivity index (χ2v) is 0.632. The van der Waals surface area contributed by atoms with E-state index in [1.165, 1.54) is 6.82 Å². The Morgan fingerprint density at radius 1 is 0.846 bits per heavy atom. The fourth-order valence-corrected chi connectivity index (χ4v) is 0. The van der Waals surface area contributed by atoms with Crippen molar-refractivity contribution >= 4 is 7.12 Å². The van der Waals surface area contributed by atoms with Crippen molar-refractivity contribution in [3.05, 3.63) is 7.43 Å². The Morgan fingerprint density at radius 2 is 0.846 bits per heavy atom. The van der Waals surface area contributed by atoms with Crippen LogP contribution in [-0.4, -0.2) is 22.6 Å². The molecule has 0 fully saturated rings. The number of rotatable bonds is 0. The maximum atomic E-state index is 7.61. The molecule has 0 heterocycles. The normalized spacial score (nSPS) is 2.54. The Balaban J connectivity index is -0.00000000242. The first kappa shape index (κ1) is 92.4. The van der Waals surface area contributed by atoms with E-state index in [1.807, 2.05) is 13.8 Å². The van der Waals surface area contributed by atoms with Crippen LogP contribution in [0.15, 0.2) is 0 Å². The van der Waals surface area contributed by atoms with E-state index in [1.54, 1.807) is 0 Å². The van der Waals surface area contributed by atoms with Crippen molar-refractivity contribution in [2.45, 2.75) is 43.0 Å². The maximum Gasteiger partial charge on any atom is 1.00 e. The van der Waals surface area contributed by atoms with Gasteiger partial charge in [-0.25, -0.2) is 0 Å². The molecule has 0 atom stereocenters. The van der Waals surface area contributed by atoms with Crippen LogP contribution in [0.4, 0.5) is 0 Å². The van der Waals surface area contributed by atoms with Gasteiger partial charge in [0.2, 0.25) is 0 Å². The monoisotopic (exact) mass is 184 g/mol. The third kappa shape index (κ3) is 1260. The number of hydrogen-bond acceptors (Lipinski definition) is 3. The van der Waals surface area contributed by atoms with Gasteiger partial charge >= 0.3 is 44.8 Å². The third-order valence-corrected chi connectivity index (χ3v) is 0. The van der Waals surface area contributed by atoms with Crippen LogP contribution < -0.4 is 37.7 Å². The molecule has 0 amide bonds. The van der Waals surface area contributed by atoms with Crippen molar-refractivity contribution in [1.82, 2.24) is 0 Å². The van der Waals surface area contributed by atoms with Crippen LogP contribution in [0.5, 0.6) is 0 Å². The van der Waals surface area contributed by atoms with E-state index < -0.39 is 7.12 Å². The summed E-state index contributed by atoms with van der Waals surface area (Å²) in [5.41, 5.74) is 0. The maximum absolute atomic E-state index is 7.61. The molecule has 0 radical (unpaired) electrons. The summed E-state index contributed by atoms with van der Waals surface area (Å²) in [4.78, 5) is 0. The van der Waals surface area contributed by atoms with E-state index in [-0.39, 0.29) is 72.9 Å². The van der Waals surface area contributed by atoms with Gasteiger partial charge in [0, 0.05) is 0 Å². The van der Waals surface area contributed by atoms with Crippen LogP contribution in [0.1, 0.15) is 36.1 Å². The van der Waals surface area contributed by atoms with Crippen molar-refractivity contribution in [1.29, 1.82) is 0 Å². The predicted octanol–water partition coefficient (Wildman–Crippen LogP) is -3.70. The molecule has 3 nitrogen and oxygen atoms in total. The van der Waals surface area contributed by atoms with Crippen LogP contribution in [0.25, 0.3) is 0 Å². The minimum Gasteiger partial charge on any atom is -0.870 e. The molecule has 13 heavy (non-hydrogen) atoms. The zero-order chi connectivity index (χ0) is 5.58. The zero-order valence-electron chi connectivity index (χ0n) is 7.92. The smallest absolute Gasteiger partial charge is 0.870 e. The van der Waals surface area contributed by atoms with Gasteiger partial charge in [0.15, 0.2) is 0 Å². The van der Waals surface area contributed by atoms with Crippen molar-refractivity contribution in [3.63, 3.8) is 0 Å². The summed E-state index contributed by atoms with van der Waals surface area (Å²) in [6.07, 6.45) is 0. The Morgan fingerprint density at radius 3 is 0.846 bits per heavy atom. The molecule has 0 spiro atoms. The molecule has 0 unspecified atom stereocenters. The van der Waals surface area contributed by atoms with Crippen LogP contribution in [0.2, 0.25) is 6.82 Å². The average molecular weight is 184 g/mol. The standard InChI is InChI=1S/C2H6.CH5BO2.3CH4.CH3.2Li.H2O/c1-2;1-2(3)4;;;;;;;/h1-2H3;3-4H,1H3;3*1H4;1H3;;;1H2/q;;;;;-1;2*+1;/p-1. The summed E-state index contributed by atoms with van der Waals surface area (Å²) < 4.78 is 0. The second-order valence-electron chi connectivity index (χ2n) is 0.632. The van der Waals surface area contributed by atoms with E-state index in [0.717, 1.165) is 0 Å². The second kappa shape index (κ2) is 113. The third-order valence-electron chi connectivity index (χ3n) is 0. The molecule has 0 aliphatic carbocycles. The van der Waals surface area contributed by atoms with Crippen LogP contribution in [0, 0.1) is 7.43 Å². The van der Waals surface area contributed by atoms with Gasteiger partial charge in [-0.3, -0.25) is 0 Å². The van der Waals surface area contributed by atoms with E-state index >= 15 is 0 Å². The van der Waals surface area contributed by atoms with Crippen LogP contribution in [0.3, 0.4) is 0 Å². The molecule has 6 heteroatoms. The van der Waals surface area contributed by atoms with E-state index in [2.05, 4.69) is 0 Å². The molecule has 0 aliphatic heterocycles. The largest absolute Gasteiger partial charge is 1.00 e. The molecule has 0 aromatic rings. The van der Waals surface area contributed by atoms with Gasteiger partial charge in [0.05, 0.1) is 0 Å². The Kier molecular flexibility index (Phi) is 803. The van der Waals surface area contributed by atoms with Crippen molar-refractivity contribution in [3.8, 4) is 0 Å². The van der Waals surface area contributed by atoms with Gasteiger partial charge in [-0.15, -0.1) is 0 Å². The van der Waals surface area contributed by atoms with Gasteiger partial charge in [-0.1, -0.05) is 36.1 Å². The Bertz CT molecular complexity index is 26.5. The summed E-state index contributed by atoms with van der Waals surface area (Å²) in [7, 11) is -1.17. The molecule has 0 aliphatic rings. The number of hydrogen-bond donors (Lipinski definition) is 2. The molecule has 78 valence electrons. The first-order valence-electron chi connectivity index (χ1n) is 2.09. The molecule has 0 saturated carbocycles. The molecule has 0 bridgehead atoms. The first-order valence-corrected chi connectivity index (χ1v) is 2.09. The minimum atomic E-state index is -1.17. The van der Waals surface area contributed by atoms with E-state index in [9.17, 15) is 0 Å². The minimum absolute atomic E-state index is 0. The molecule has 0 aromatic carbocycles. The topological polar surface area (TPSA) is 70.5 Å². The van der Waals surface area contributed by atoms with Crippen LogP contribution >= 0.6 is 0 Å². The van der Waals surface area contributed by atoms with E-state index in [0.29, 0.717) is 0 Å². The van der Waals surface area contributed by atoms with Crippen molar-refractivity contribution in [2.24, 2.45) is 0 Å². The molecule has 3 N–H and O–H groups in total. The molecule has 0 aromatic heterocycles. The summed E-state index contributed by atoms with van der Waals surface area (Å²) in [6, 6.07) is 0. The molecular weight excluding hydrogens is 157 g/mol. The predicted molar refractivity (Wildman–Crippen MR) is 55.9 cm³/mol. The quantitative estimate of drug-likeness (QED) is 0.300. The van der Waals surface area contributed by atoms with Crippen molar-refractivity contribution < 1.29 is 53.2 Å². The summed E-state index contributed by atoms with van der Waals surface area (Å²) in [6.45, 7) is 5.28. The van der Waals surface area contributed by atoms with Gasteiger partial charge in [-0.05, 0) is 6.82 Å². The zero-order valence-corrected chi connectivity index (χ0v) is 7.92. The molecular formula is C7H27BLi2O3. The van der Waals surface area contributed by atoms with Gasteiger partial charge in [-0.2, -0.15) is 0 Å². The fraction of sp³-hybridized carbons (Fsp3) is 0.857. The Labute approximate surface area is 111 Å².